The Labute approximate surface area is 215 Å². The maximum Gasteiger partial charge on any atom is 0.246 e. The highest BCUT2D eigenvalue weighted by atomic mass is 32.1. The van der Waals surface area contributed by atoms with Gasteiger partial charge >= 0.3 is 0 Å². The number of likely N-dealkylation sites (tertiary alicyclic amines) is 1. The lowest BCUT2D eigenvalue weighted by atomic mass is 9.83. The maximum absolute atomic E-state index is 14.0. The molecule has 5 rings (SSSR count). The lowest BCUT2D eigenvalue weighted by molar-refractivity contribution is -0.139. The summed E-state index contributed by atoms with van der Waals surface area (Å²) < 4.78 is 1.26. The van der Waals surface area contributed by atoms with Gasteiger partial charge in [-0.05, 0) is 51.6 Å². The van der Waals surface area contributed by atoms with E-state index >= 15 is 0 Å². The lowest BCUT2D eigenvalue weighted by Gasteiger charge is -2.35. The van der Waals surface area contributed by atoms with Crippen molar-refractivity contribution in [2.24, 2.45) is 5.92 Å². The van der Waals surface area contributed by atoms with E-state index in [1.54, 1.807) is 29.7 Å². The van der Waals surface area contributed by atoms with Crippen molar-refractivity contribution < 1.29 is 9.59 Å². The van der Waals surface area contributed by atoms with E-state index in [1.165, 1.54) is 16.5 Å². The number of thiophene rings is 1. The summed E-state index contributed by atoms with van der Waals surface area (Å²) in [5.74, 6) is 0.163. The molecule has 2 aliphatic rings. The number of likely N-dealkylation sites (N-methyl/N-ethyl adjacent to an activating group) is 1. The monoisotopic (exact) mass is 510 g/mol. The van der Waals surface area contributed by atoms with Crippen LogP contribution in [0.25, 0.3) is 21.3 Å². The Bertz CT molecular complexity index is 1180. The lowest BCUT2D eigenvalue weighted by Crippen LogP contribution is -2.55. The first-order chi connectivity index (χ1) is 17.1. The smallest absolute Gasteiger partial charge is 0.246 e. The second kappa shape index (κ2) is 10.8. The first kappa shape index (κ1) is 24.4. The van der Waals surface area contributed by atoms with E-state index in [0.29, 0.717) is 0 Å². The zero-order valence-corrected chi connectivity index (χ0v) is 22.1. The van der Waals surface area contributed by atoms with E-state index in [9.17, 15) is 9.59 Å². The molecule has 35 heavy (non-hydrogen) atoms. The summed E-state index contributed by atoms with van der Waals surface area (Å²) in [4.78, 5) is 33.8. The number of fused-ring (bicyclic) bond motifs is 1. The predicted octanol–water partition coefficient (Wildman–Crippen LogP) is 5.36. The van der Waals surface area contributed by atoms with Crippen LogP contribution >= 0.6 is 22.7 Å². The molecule has 3 aromatic rings. The van der Waals surface area contributed by atoms with E-state index in [1.807, 2.05) is 11.8 Å². The van der Waals surface area contributed by atoms with Crippen molar-refractivity contribution in [1.29, 1.82) is 0 Å². The summed E-state index contributed by atoms with van der Waals surface area (Å²) in [7, 11) is 1.77. The predicted molar refractivity (Wildman–Crippen MR) is 144 cm³/mol. The first-order valence-electron chi connectivity index (χ1n) is 12.8. The summed E-state index contributed by atoms with van der Waals surface area (Å²) in [5, 5.41) is 12.7. The fraction of sp³-hybridized carbons (Fsp3) is 0.519. The van der Waals surface area contributed by atoms with Gasteiger partial charge in [-0.2, -0.15) is 0 Å². The van der Waals surface area contributed by atoms with Gasteiger partial charge in [-0.1, -0.05) is 37.5 Å². The van der Waals surface area contributed by atoms with Gasteiger partial charge in [0, 0.05) is 33.0 Å². The molecule has 0 spiro atoms. The van der Waals surface area contributed by atoms with Crippen LogP contribution in [-0.4, -0.2) is 47.4 Å². The van der Waals surface area contributed by atoms with Crippen LogP contribution in [-0.2, 0) is 9.59 Å². The Balaban J connectivity index is 1.38. The average molecular weight is 511 g/mol. The number of thiazole rings is 1. The molecule has 0 radical (unpaired) electrons. The van der Waals surface area contributed by atoms with Crippen molar-refractivity contribution in [2.45, 2.75) is 70.0 Å². The van der Waals surface area contributed by atoms with Gasteiger partial charge in [-0.25, -0.2) is 4.98 Å². The highest BCUT2D eigenvalue weighted by molar-refractivity contribution is 7.17. The number of carbonyl (C=O) groups excluding carboxylic acids is 2. The number of nitrogens with one attached hydrogen (secondary N) is 2. The van der Waals surface area contributed by atoms with Gasteiger partial charge < -0.3 is 15.5 Å². The first-order valence-corrected chi connectivity index (χ1v) is 14.5. The molecule has 6 nitrogen and oxygen atoms in total. The molecule has 1 aliphatic heterocycles. The fourth-order valence-corrected chi connectivity index (χ4v) is 7.38. The molecule has 0 unspecified atom stereocenters. The van der Waals surface area contributed by atoms with Crippen LogP contribution in [0.5, 0.6) is 0 Å². The minimum absolute atomic E-state index is 0.0177. The molecule has 1 aromatic carbocycles. The van der Waals surface area contributed by atoms with Gasteiger partial charge in [0.05, 0.1) is 17.8 Å². The molecular weight excluding hydrogens is 476 g/mol. The average Bonchev–Trinajstić information content (AvgIpc) is 3.65. The summed E-state index contributed by atoms with van der Waals surface area (Å²) in [5.41, 5.74) is 2.15. The van der Waals surface area contributed by atoms with Gasteiger partial charge in [0.15, 0.2) is 0 Å². The Morgan fingerprint density at radius 1 is 1.06 bits per heavy atom. The van der Waals surface area contributed by atoms with Crippen LogP contribution in [0, 0.1) is 5.92 Å². The van der Waals surface area contributed by atoms with Crippen molar-refractivity contribution >= 4 is 44.6 Å². The Hall–Kier alpha value is -2.29. The number of rotatable bonds is 7. The van der Waals surface area contributed by atoms with Crippen LogP contribution in [0.3, 0.4) is 0 Å². The number of nitrogens with zero attached hydrogens (tertiary/aromatic N) is 2. The van der Waals surface area contributed by atoms with Gasteiger partial charge in [0.1, 0.15) is 11.0 Å². The Morgan fingerprint density at radius 3 is 2.66 bits per heavy atom. The number of benzene rings is 1. The number of hydrogen-bond acceptors (Lipinski definition) is 6. The van der Waals surface area contributed by atoms with Crippen LogP contribution in [0.2, 0.25) is 0 Å². The topological polar surface area (TPSA) is 74.3 Å². The van der Waals surface area contributed by atoms with Crippen LogP contribution in [0.4, 0.5) is 0 Å². The standard InChI is InChI=1S/C27H34N4O2S2/c1-17(28-2)25(32)30-24(18-9-4-3-5-10-18)27(33)31-14-8-12-22(31)26-29-21(16-35-26)20-15-34-23-13-7-6-11-19(20)23/h6-7,11,13,15-18,22,24,28H,3-5,8-10,12,14H2,1-2H3,(H,30,32)/t17-,22-,24-/m0/s1. The third kappa shape index (κ3) is 5.01. The van der Waals surface area contributed by atoms with Crippen LogP contribution in [0.15, 0.2) is 35.0 Å². The molecule has 8 heteroatoms. The number of carbonyl (C=O) groups is 2. The molecule has 2 N–H and O–H groups in total. The summed E-state index contributed by atoms with van der Waals surface area (Å²) in [6.45, 7) is 2.56. The molecule has 1 aliphatic carbocycles. The zero-order chi connectivity index (χ0) is 24.4. The molecule has 2 fully saturated rings. The molecular formula is C27H34N4O2S2. The van der Waals surface area contributed by atoms with Gasteiger partial charge in [0.25, 0.3) is 0 Å². The third-order valence-electron chi connectivity index (χ3n) is 7.61. The molecule has 1 saturated carbocycles. The molecule has 2 aromatic heterocycles. The van der Waals surface area contributed by atoms with E-state index in [0.717, 1.165) is 61.3 Å². The zero-order valence-electron chi connectivity index (χ0n) is 20.5. The van der Waals surface area contributed by atoms with Crippen LogP contribution < -0.4 is 10.6 Å². The van der Waals surface area contributed by atoms with Crippen molar-refractivity contribution in [2.75, 3.05) is 13.6 Å². The van der Waals surface area contributed by atoms with E-state index in [2.05, 4.69) is 45.7 Å². The molecule has 186 valence electrons. The van der Waals surface area contributed by atoms with Crippen molar-refractivity contribution in [3.63, 3.8) is 0 Å². The van der Waals surface area contributed by atoms with Crippen LogP contribution in [0.1, 0.15) is 62.9 Å². The van der Waals surface area contributed by atoms with Crippen molar-refractivity contribution in [1.82, 2.24) is 20.5 Å². The van der Waals surface area contributed by atoms with E-state index in [-0.39, 0.29) is 29.8 Å². The van der Waals surface area contributed by atoms with Gasteiger partial charge in [-0.15, -0.1) is 22.7 Å². The van der Waals surface area contributed by atoms with E-state index < -0.39 is 6.04 Å². The second-order valence-corrected chi connectivity index (χ2v) is 11.6. The summed E-state index contributed by atoms with van der Waals surface area (Å²) in [6, 6.07) is 7.62. The highest BCUT2D eigenvalue weighted by Crippen LogP contribution is 2.39. The second-order valence-electron chi connectivity index (χ2n) is 9.80. The molecule has 3 heterocycles. The van der Waals surface area contributed by atoms with E-state index in [4.69, 9.17) is 4.98 Å². The molecule has 2 amide bonds. The number of hydrogen-bond donors (Lipinski definition) is 2. The van der Waals surface area contributed by atoms with Crippen molar-refractivity contribution in [3.05, 3.63) is 40.0 Å². The third-order valence-corrected chi connectivity index (χ3v) is 9.52. The number of amides is 2. The molecule has 3 atom stereocenters. The SMILES string of the molecule is CN[C@@H](C)C(=O)N[C@H](C(=O)N1CCC[C@H]1c1nc(-c2csc3ccccc23)cs1)C1CCCCC1. The minimum atomic E-state index is -0.459. The maximum atomic E-state index is 14.0. The summed E-state index contributed by atoms with van der Waals surface area (Å²) in [6.07, 6.45) is 7.33. The normalized spacial score (nSPS) is 20.7. The largest absolute Gasteiger partial charge is 0.343 e. The van der Waals surface area contributed by atoms with Gasteiger partial charge in [-0.3, -0.25) is 9.59 Å². The van der Waals surface area contributed by atoms with Crippen molar-refractivity contribution in [3.8, 4) is 11.3 Å². The minimum Gasteiger partial charge on any atom is -0.343 e. The highest BCUT2D eigenvalue weighted by Gasteiger charge is 2.40. The number of aromatic nitrogens is 1. The fourth-order valence-electron chi connectivity index (χ4n) is 5.46. The molecule has 1 saturated heterocycles. The Morgan fingerprint density at radius 2 is 1.86 bits per heavy atom. The van der Waals surface area contributed by atoms with Gasteiger partial charge in [0.2, 0.25) is 11.8 Å². The Kier molecular flexibility index (Phi) is 7.51. The summed E-state index contributed by atoms with van der Waals surface area (Å²) >= 11 is 3.39. The quantitative estimate of drug-likeness (QED) is 0.449. The molecule has 0 bridgehead atoms.